The van der Waals surface area contributed by atoms with Crippen molar-refractivity contribution >= 4 is 5.52 Å². The average molecular weight is 276 g/mol. The van der Waals surface area contributed by atoms with Gasteiger partial charge in [-0.15, -0.1) is 0 Å². The molecule has 0 amide bonds. The van der Waals surface area contributed by atoms with Crippen LogP contribution in [0, 0.1) is 12.3 Å². The van der Waals surface area contributed by atoms with Gasteiger partial charge in [-0.1, -0.05) is 20.3 Å². The Hall–Kier alpha value is -1.62. The first-order valence-corrected chi connectivity index (χ1v) is 7.18. The Morgan fingerprint density at radius 2 is 2.05 bits per heavy atom. The lowest BCUT2D eigenvalue weighted by Gasteiger charge is -2.21. The molecule has 2 rings (SSSR count). The van der Waals surface area contributed by atoms with Crippen LogP contribution in [-0.4, -0.2) is 20.7 Å². The summed E-state index contributed by atoms with van der Waals surface area (Å²) >= 11 is 0. The molecule has 0 saturated carbocycles. The van der Waals surface area contributed by atoms with Crippen LogP contribution >= 0.6 is 0 Å². The van der Waals surface area contributed by atoms with Crippen LogP contribution in [0.3, 0.4) is 0 Å². The molecule has 0 saturated heterocycles. The van der Waals surface area contributed by atoms with E-state index < -0.39 is 0 Å². The Labute approximate surface area is 119 Å². The Bertz CT molecular complexity index is 639. The molecule has 2 heterocycles. The van der Waals surface area contributed by atoms with Crippen molar-refractivity contribution in [3.63, 3.8) is 0 Å². The molecule has 0 atom stereocenters. The maximum atomic E-state index is 12.3. The fourth-order valence-corrected chi connectivity index (χ4v) is 2.31. The number of fused-ring (bicyclic) bond motifs is 1. The number of aryl methyl sites for hydroxylation is 2. The normalized spacial score (nSPS) is 12.2. The fraction of sp³-hybridized carbons (Fsp3) is 0.600. The second-order valence-corrected chi connectivity index (χ2v) is 6.24. The van der Waals surface area contributed by atoms with Gasteiger partial charge >= 0.3 is 0 Å². The molecule has 2 aromatic rings. The zero-order valence-electron chi connectivity index (χ0n) is 12.6. The van der Waals surface area contributed by atoms with E-state index in [0.29, 0.717) is 12.1 Å². The number of aromatic nitrogens is 3. The first-order valence-electron chi connectivity index (χ1n) is 7.18. The van der Waals surface area contributed by atoms with Gasteiger partial charge in [-0.05, 0) is 37.8 Å². The van der Waals surface area contributed by atoms with Gasteiger partial charge in [0.25, 0.3) is 5.56 Å². The lowest BCUT2D eigenvalue weighted by molar-refractivity contribution is 0.328. The molecule has 0 aliphatic heterocycles. The Balaban J connectivity index is 2.00. The largest absolute Gasteiger partial charge is 0.330 e. The zero-order chi connectivity index (χ0) is 14.8. The number of unbranched alkanes of at least 4 members (excludes halogenated alkanes) is 1. The van der Waals surface area contributed by atoms with Crippen molar-refractivity contribution in [2.24, 2.45) is 11.1 Å². The fourth-order valence-electron chi connectivity index (χ4n) is 2.31. The monoisotopic (exact) mass is 276 g/mol. The van der Waals surface area contributed by atoms with Crippen LogP contribution in [0.4, 0.5) is 0 Å². The van der Waals surface area contributed by atoms with Gasteiger partial charge in [0.2, 0.25) is 0 Å². The van der Waals surface area contributed by atoms with Gasteiger partial charge in [0.05, 0.1) is 5.69 Å². The maximum absolute atomic E-state index is 12.3. The smallest absolute Gasteiger partial charge is 0.276 e. The predicted octanol–water partition coefficient (Wildman–Crippen LogP) is 1.96. The van der Waals surface area contributed by atoms with Gasteiger partial charge < -0.3 is 10.3 Å². The van der Waals surface area contributed by atoms with Crippen LogP contribution < -0.4 is 11.3 Å². The van der Waals surface area contributed by atoms with Crippen LogP contribution in [0.5, 0.6) is 0 Å². The molecule has 20 heavy (non-hydrogen) atoms. The molecule has 2 N–H and O–H groups in total. The molecular formula is C15H24N4O. The van der Waals surface area contributed by atoms with Crippen LogP contribution in [0.1, 0.15) is 38.8 Å². The van der Waals surface area contributed by atoms with Crippen LogP contribution in [0.25, 0.3) is 5.52 Å². The second-order valence-electron chi connectivity index (χ2n) is 6.24. The molecule has 110 valence electrons. The van der Waals surface area contributed by atoms with E-state index in [9.17, 15) is 4.79 Å². The summed E-state index contributed by atoms with van der Waals surface area (Å²) in [6, 6.07) is 1.83. The summed E-state index contributed by atoms with van der Waals surface area (Å²) in [4.78, 5) is 12.3. The molecule has 0 spiro atoms. The van der Waals surface area contributed by atoms with Crippen molar-refractivity contribution < 1.29 is 0 Å². The zero-order valence-corrected chi connectivity index (χ0v) is 12.6. The lowest BCUT2D eigenvalue weighted by atomic mass is 9.87. The molecule has 0 unspecified atom stereocenters. The molecule has 2 aromatic heterocycles. The highest BCUT2D eigenvalue weighted by Gasteiger charge is 2.14. The highest BCUT2D eigenvalue weighted by atomic mass is 16.1. The summed E-state index contributed by atoms with van der Waals surface area (Å²) in [6.07, 6.45) is 6.82. The number of nitrogens with zero attached hydrogens (tertiary/aromatic N) is 3. The summed E-state index contributed by atoms with van der Waals surface area (Å²) in [5.74, 6) is 0. The molecule has 0 aliphatic carbocycles. The Morgan fingerprint density at radius 3 is 2.75 bits per heavy atom. The average Bonchev–Trinajstić information content (AvgIpc) is 2.78. The van der Waals surface area contributed by atoms with Gasteiger partial charge in [-0.25, -0.2) is 4.52 Å². The van der Waals surface area contributed by atoms with E-state index in [-0.39, 0.29) is 11.0 Å². The van der Waals surface area contributed by atoms with Crippen molar-refractivity contribution in [2.45, 2.75) is 46.6 Å². The molecule has 0 aromatic carbocycles. The third kappa shape index (κ3) is 3.28. The Morgan fingerprint density at radius 1 is 1.30 bits per heavy atom. The van der Waals surface area contributed by atoms with Crippen molar-refractivity contribution in [3.05, 3.63) is 34.5 Å². The third-order valence-electron chi connectivity index (χ3n) is 3.78. The van der Waals surface area contributed by atoms with Gasteiger partial charge in [0.1, 0.15) is 5.52 Å². The topological polar surface area (TPSA) is 65.3 Å². The quantitative estimate of drug-likeness (QED) is 0.820. The Kier molecular flexibility index (Phi) is 4.28. The molecule has 0 fully saturated rings. The second kappa shape index (κ2) is 5.79. The molecular weight excluding hydrogens is 252 g/mol. The molecule has 0 bridgehead atoms. The van der Waals surface area contributed by atoms with Crippen LogP contribution in [0.2, 0.25) is 0 Å². The minimum absolute atomic E-state index is 0.0335. The van der Waals surface area contributed by atoms with E-state index in [1.807, 2.05) is 25.4 Å². The first kappa shape index (κ1) is 14.8. The van der Waals surface area contributed by atoms with E-state index >= 15 is 0 Å². The highest BCUT2D eigenvalue weighted by molar-refractivity contribution is 5.44. The summed E-state index contributed by atoms with van der Waals surface area (Å²) in [5, 5.41) is 4.24. The minimum atomic E-state index is 0.0335. The molecule has 0 radical (unpaired) electrons. The molecule has 5 heteroatoms. The van der Waals surface area contributed by atoms with Gasteiger partial charge in [0.15, 0.2) is 0 Å². The minimum Gasteiger partial charge on any atom is -0.330 e. The van der Waals surface area contributed by atoms with Gasteiger partial charge in [0, 0.05) is 18.9 Å². The summed E-state index contributed by atoms with van der Waals surface area (Å²) in [5.41, 5.74) is 7.46. The third-order valence-corrected chi connectivity index (χ3v) is 3.78. The van der Waals surface area contributed by atoms with E-state index in [2.05, 4.69) is 18.9 Å². The van der Waals surface area contributed by atoms with E-state index in [1.165, 1.54) is 0 Å². The summed E-state index contributed by atoms with van der Waals surface area (Å²) < 4.78 is 3.41. The van der Waals surface area contributed by atoms with E-state index in [4.69, 9.17) is 5.73 Å². The highest BCUT2D eigenvalue weighted by Crippen LogP contribution is 2.21. The van der Waals surface area contributed by atoms with E-state index in [0.717, 1.165) is 31.5 Å². The number of hydrogen-bond acceptors (Lipinski definition) is 3. The number of nitrogens with two attached hydrogens (primary N) is 1. The summed E-state index contributed by atoms with van der Waals surface area (Å²) in [7, 11) is 0. The van der Waals surface area contributed by atoms with Crippen molar-refractivity contribution in [1.82, 2.24) is 14.2 Å². The van der Waals surface area contributed by atoms with Gasteiger partial charge in [-0.2, -0.15) is 5.10 Å². The first-order chi connectivity index (χ1) is 9.43. The van der Waals surface area contributed by atoms with Crippen molar-refractivity contribution in [2.75, 3.05) is 6.54 Å². The maximum Gasteiger partial charge on any atom is 0.276 e. The number of rotatable bonds is 6. The standard InChI is InChI=1S/C15H24N4O/c1-12-10-13-14(20)18(8-9-19(13)17-12)7-5-4-6-15(2,3)11-16/h8-10H,4-7,11,16H2,1-3H3. The van der Waals surface area contributed by atoms with Gasteiger partial charge in [-0.3, -0.25) is 4.79 Å². The number of hydrogen-bond donors (Lipinski definition) is 1. The predicted molar refractivity (Wildman–Crippen MR) is 80.9 cm³/mol. The lowest BCUT2D eigenvalue weighted by Crippen LogP contribution is -2.24. The van der Waals surface area contributed by atoms with Crippen LogP contribution in [0.15, 0.2) is 23.3 Å². The SMILES string of the molecule is Cc1cc2c(=O)n(CCCCC(C)(C)CN)ccn2n1. The van der Waals surface area contributed by atoms with E-state index in [1.54, 1.807) is 9.08 Å². The molecule has 5 nitrogen and oxygen atoms in total. The van der Waals surface area contributed by atoms with Crippen molar-refractivity contribution in [3.8, 4) is 0 Å². The molecule has 0 aliphatic rings. The summed E-state index contributed by atoms with van der Waals surface area (Å²) in [6.45, 7) is 7.71. The van der Waals surface area contributed by atoms with Crippen LogP contribution in [-0.2, 0) is 6.54 Å². The van der Waals surface area contributed by atoms with Crippen molar-refractivity contribution in [1.29, 1.82) is 0 Å².